The second-order valence-electron chi connectivity index (χ2n) is 7.02. The molecule has 0 atom stereocenters. The van der Waals surface area contributed by atoms with E-state index in [1.165, 1.54) is 0 Å². The Bertz CT molecular complexity index is 997. The Morgan fingerprint density at radius 1 is 0.929 bits per heavy atom. The summed E-state index contributed by atoms with van der Waals surface area (Å²) in [5.74, 6) is 0.233. The number of aromatic hydroxyl groups is 1. The molecule has 0 bridgehead atoms. The molecule has 1 aromatic heterocycles. The highest BCUT2D eigenvalue weighted by Gasteiger charge is 2.20. The number of hydrogen-bond acceptors (Lipinski definition) is 5. The number of hydrogen-bond donors (Lipinski definition) is 1. The van der Waals surface area contributed by atoms with Gasteiger partial charge in [-0.1, -0.05) is 24.3 Å². The van der Waals surface area contributed by atoms with Crippen LogP contribution in [0.1, 0.15) is 10.4 Å². The van der Waals surface area contributed by atoms with E-state index in [9.17, 15) is 9.90 Å². The Kier molecular flexibility index (Phi) is 5.04. The minimum Gasteiger partial charge on any atom is -0.508 e. The molecule has 0 aliphatic carbocycles. The number of amides is 1. The maximum absolute atomic E-state index is 12.9. The molecule has 0 spiro atoms. The highest BCUT2D eigenvalue weighted by molar-refractivity contribution is 5.95. The third kappa shape index (κ3) is 3.87. The molecule has 1 aliphatic heterocycles. The van der Waals surface area contributed by atoms with Crippen molar-refractivity contribution in [3.8, 4) is 28.3 Å². The average Bonchev–Trinajstić information content (AvgIpc) is 2.74. The van der Waals surface area contributed by atoms with E-state index in [1.54, 1.807) is 30.6 Å². The summed E-state index contributed by atoms with van der Waals surface area (Å²) < 4.78 is 0. The Balaban J connectivity index is 1.61. The van der Waals surface area contributed by atoms with Gasteiger partial charge in [-0.2, -0.15) is 0 Å². The Morgan fingerprint density at radius 2 is 1.57 bits per heavy atom. The van der Waals surface area contributed by atoms with Crippen LogP contribution in [0.5, 0.6) is 5.75 Å². The summed E-state index contributed by atoms with van der Waals surface area (Å²) in [4.78, 5) is 25.9. The van der Waals surface area contributed by atoms with Crippen molar-refractivity contribution < 1.29 is 9.90 Å². The lowest BCUT2D eigenvalue weighted by atomic mass is 10.1. The highest BCUT2D eigenvalue weighted by atomic mass is 16.3. The molecular formula is C22H22N4O2. The number of carbonyl (C=O) groups is 1. The number of phenolic OH excluding ortho intramolecular Hbond substituents is 1. The molecule has 1 saturated heterocycles. The number of likely N-dealkylation sites (N-methyl/N-ethyl adjacent to an activating group) is 1. The molecule has 28 heavy (non-hydrogen) atoms. The molecule has 0 radical (unpaired) electrons. The van der Waals surface area contributed by atoms with Crippen LogP contribution in [0.25, 0.3) is 22.5 Å². The molecule has 6 heteroatoms. The van der Waals surface area contributed by atoms with Crippen molar-refractivity contribution in [2.24, 2.45) is 0 Å². The van der Waals surface area contributed by atoms with Gasteiger partial charge in [0.25, 0.3) is 5.91 Å². The van der Waals surface area contributed by atoms with E-state index in [4.69, 9.17) is 0 Å². The smallest absolute Gasteiger partial charge is 0.253 e. The number of piperazine rings is 1. The zero-order valence-corrected chi connectivity index (χ0v) is 15.7. The molecule has 2 heterocycles. The van der Waals surface area contributed by atoms with Crippen LogP contribution in [-0.2, 0) is 0 Å². The van der Waals surface area contributed by atoms with Crippen LogP contribution in [0.2, 0.25) is 0 Å². The van der Waals surface area contributed by atoms with Crippen LogP contribution in [-0.4, -0.2) is 64.0 Å². The minimum atomic E-state index is 0.0482. The van der Waals surface area contributed by atoms with Crippen LogP contribution in [0.15, 0.2) is 60.9 Å². The lowest BCUT2D eigenvalue weighted by Crippen LogP contribution is -2.47. The van der Waals surface area contributed by atoms with E-state index in [2.05, 4.69) is 21.9 Å². The Labute approximate surface area is 164 Å². The Hall–Kier alpha value is -3.25. The average molecular weight is 374 g/mol. The fourth-order valence-electron chi connectivity index (χ4n) is 3.31. The standard InChI is InChI=1S/C22H22N4O2/c1-25-8-10-26(11-9-25)22(28)18-6-2-4-16(12-18)20-14-23-15-21(24-20)17-5-3-7-19(27)13-17/h2-7,12-15,27H,8-11H2,1H3. The monoisotopic (exact) mass is 374 g/mol. The zero-order chi connectivity index (χ0) is 19.5. The van der Waals surface area contributed by atoms with Gasteiger partial charge in [0.1, 0.15) is 5.75 Å². The van der Waals surface area contributed by atoms with Gasteiger partial charge in [-0.25, -0.2) is 4.98 Å². The van der Waals surface area contributed by atoms with Crippen LogP contribution < -0.4 is 0 Å². The van der Waals surface area contributed by atoms with E-state index in [0.29, 0.717) is 17.0 Å². The molecule has 1 N–H and O–H groups in total. The molecular weight excluding hydrogens is 352 g/mol. The molecule has 1 fully saturated rings. The second-order valence-corrected chi connectivity index (χ2v) is 7.02. The summed E-state index contributed by atoms with van der Waals surface area (Å²) in [6.45, 7) is 3.27. The molecule has 142 valence electrons. The topological polar surface area (TPSA) is 69.6 Å². The van der Waals surface area contributed by atoms with Crippen LogP contribution in [0.3, 0.4) is 0 Å². The number of rotatable bonds is 3. The normalized spacial score (nSPS) is 14.8. The Morgan fingerprint density at radius 3 is 2.25 bits per heavy atom. The maximum atomic E-state index is 12.9. The van der Waals surface area contributed by atoms with Crippen molar-refractivity contribution >= 4 is 5.91 Å². The molecule has 1 amide bonds. The molecule has 0 saturated carbocycles. The van der Waals surface area contributed by atoms with Gasteiger partial charge in [-0.05, 0) is 31.3 Å². The lowest BCUT2D eigenvalue weighted by molar-refractivity contribution is 0.0664. The van der Waals surface area contributed by atoms with Gasteiger partial charge in [0, 0.05) is 42.9 Å². The quantitative estimate of drug-likeness (QED) is 0.763. The maximum Gasteiger partial charge on any atom is 0.253 e. The van der Waals surface area contributed by atoms with Gasteiger partial charge in [0.2, 0.25) is 0 Å². The number of benzene rings is 2. The van der Waals surface area contributed by atoms with Gasteiger partial charge in [0.05, 0.1) is 23.8 Å². The van der Waals surface area contributed by atoms with Crippen LogP contribution in [0.4, 0.5) is 0 Å². The molecule has 0 unspecified atom stereocenters. The summed E-state index contributed by atoms with van der Waals surface area (Å²) >= 11 is 0. The number of carbonyl (C=O) groups excluding carboxylic acids is 1. The fourth-order valence-corrected chi connectivity index (χ4v) is 3.31. The first kappa shape index (κ1) is 18.1. The van der Waals surface area contributed by atoms with Gasteiger partial charge in [-0.15, -0.1) is 0 Å². The minimum absolute atomic E-state index is 0.0482. The van der Waals surface area contributed by atoms with Crippen molar-refractivity contribution in [3.05, 3.63) is 66.5 Å². The SMILES string of the molecule is CN1CCN(C(=O)c2cccc(-c3cncc(-c4cccc(O)c4)n3)c2)CC1. The summed E-state index contributed by atoms with van der Waals surface area (Å²) in [6, 6.07) is 14.4. The third-order valence-electron chi connectivity index (χ3n) is 4.97. The first-order valence-corrected chi connectivity index (χ1v) is 9.30. The van der Waals surface area contributed by atoms with E-state index in [-0.39, 0.29) is 11.7 Å². The van der Waals surface area contributed by atoms with E-state index in [1.807, 2.05) is 35.2 Å². The first-order valence-electron chi connectivity index (χ1n) is 9.30. The van der Waals surface area contributed by atoms with Crippen LogP contribution >= 0.6 is 0 Å². The molecule has 4 rings (SSSR count). The highest BCUT2D eigenvalue weighted by Crippen LogP contribution is 2.25. The number of nitrogens with zero attached hydrogens (tertiary/aromatic N) is 4. The first-order chi connectivity index (χ1) is 13.6. The molecule has 3 aromatic rings. The summed E-state index contributed by atoms with van der Waals surface area (Å²) in [5, 5.41) is 9.71. The van der Waals surface area contributed by atoms with Crippen molar-refractivity contribution in [1.82, 2.24) is 19.8 Å². The number of aromatic nitrogens is 2. The van der Waals surface area contributed by atoms with Crippen molar-refractivity contribution in [1.29, 1.82) is 0 Å². The molecule has 1 aliphatic rings. The van der Waals surface area contributed by atoms with Crippen LogP contribution in [0, 0.1) is 0 Å². The largest absolute Gasteiger partial charge is 0.508 e. The van der Waals surface area contributed by atoms with E-state index < -0.39 is 0 Å². The zero-order valence-electron chi connectivity index (χ0n) is 15.7. The van der Waals surface area contributed by atoms with Gasteiger partial charge in [-0.3, -0.25) is 9.78 Å². The molecule has 2 aromatic carbocycles. The van der Waals surface area contributed by atoms with E-state index >= 15 is 0 Å². The predicted octanol–water partition coefficient (Wildman–Crippen LogP) is 2.90. The second kappa shape index (κ2) is 7.78. The van der Waals surface area contributed by atoms with Gasteiger partial charge < -0.3 is 14.9 Å². The predicted molar refractivity (Wildman–Crippen MR) is 108 cm³/mol. The third-order valence-corrected chi connectivity index (χ3v) is 4.97. The van der Waals surface area contributed by atoms with E-state index in [0.717, 1.165) is 37.3 Å². The van der Waals surface area contributed by atoms with Gasteiger partial charge in [0.15, 0.2) is 0 Å². The summed E-state index contributed by atoms with van der Waals surface area (Å²) in [6.07, 6.45) is 3.35. The van der Waals surface area contributed by atoms with Crippen molar-refractivity contribution in [3.63, 3.8) is 0 Å². The lowest BCUT2D eigenvalue weighted by Gasteiger charge is -2.32. The van der Waals surface area contributed by atoms with Crippen molar-refractivity contribution in [2.45, 2.75) is 0 Å². The van der Waals surface area contributed by atoms with Gasteiger partial charge >= 0.3 is 0 Å². The summed E-state index contributed by atoms with van der Waals surface area (Å²) in [5.41, 5.74) is 3.65. The summed E-state index contributed by atoms with van der Waals surface area (Å²) in [7, 11) is 2.07. The fraction of sp³-hybridized carbons (Fsp3) is 0.227. The number of phenols is 1. The van der Waals surface area contributed by atoms with Crippen molar-refractivity contribution in [2.75, 3.05) is 33.2 Å². The molecule has 6 nitrogen and oxygen atoms in total.